The Hall–Kier alpha value is -1.81. The molecule has 0 aliphatic heterocycles. The quantitative estimate of drug-likeness (QED) is 0.881. The number of benzene rings is 1. The number of fused-ring (bicyclic) bond motifs is 1. The van der Waals surface area contributed by atoms with Crippen LogP contribution in [0, 0.1) is 0 Å². The SMILES string of the molecule is CCN(CC)C(=O)C(C)NCc1coc2ccccc12. The highest BCUT2D eigenvalue weighted by molar-refractivity contribution is 5.82. The lowest BCUT2D eigenvalue weighted by Crippen LogP contribution is -2.44. The number of hydrogen-bond acceptors (Lipinski definition) is 3. The van der Waals surface area contributed by atoms with E-state index in [9.17, 15) is 4.79 Å². The molecule has 108 valence electrons. The minimum atomic E-state index is -0.191. The lowest BCUT2D eigenvalue weighted by Gasteiger charge is -2.23. The van der Waals surface area contributed by atoms with Crippen molar-refractivity contribution in [2.75, 3.05) is 13.1 Å². The van der Waals surface area contributed by atoms with Gasteiger partial charge in [0.1, 0.15) is 5.58 Å². The fraction of sp³-hybridized carbons (Fsp3) is 0.438. The first-order valence-electron chi connectivity index (χ1n) is 7.14. The average Bonchev–Trinajstić information content (AvgIpc) is 2.89. The van der Waals surface area contributed by atoms with E-state index in [1.807, 2.05) is 49.9 Å². The van der Waals surface area contributed by atoms with E-state index in [1.54, 1.807) is 6.26 Å². The Labute approximate surface area is 119 Å². The average molecular weight is 274 g/mol. The van der Waals surface area contributed by atoms with Gasteiger partial charge in [0, 0.05) is 30.6 Å². The molecule has 1 heterocycles. The van der Waals surface area contributed by atoms with E-state index in [-0.39, 0.29) is 11.9 Å². The summed E-state index contributed by atoms with van der Waals surface area (Å²) in [5, 5.41) is 4.37. The largest absolute Gasteiger partial charge is 0.464 e. The number of carbonyl (C=O) groups is 1. The van der Waals surface area contributed by atoms with Crippen LogP contribution in [0.25, 0.3) is 11.0 Å². The summed E-state index contributed by atoms with van der Waals surface area (Å²) < 4.78 is 5.50. The summed E-state index contributed by atoms with van der Waals surface area (Å²) in [4.78, 5) is 14.0. The molecule has 4 nitrogen and oxygen atoms in total. The molecule has 4 heteroatoms. The molecule has 0 aliphatic carbocycles. The topological polar surface area (TPSA) is 45.5 Å². The molecule has 0 spiro atoms. The highest BCUT2D eigenvalue weighted by Gasteiger charge is 2.17. The summed E-state index contributed by atoms with van der Waals surface area (Å²) in [5.74, 6) is 0.141. The molecule has 0 bridgehead atoms. The van der Waals surface area contributed by atoms with Crippen molar-refractivity contribution >= 4 is 16.9 Å². The normalized spacial score (nSPS) is 12.6. The number of nitrogens with zero attached hydrogens (tertiary/aromatic N) is 1. The van der Waals surface area contributed by atoms with E-state index in [1.165, 1.54) is 0 Å². The summed E-state index contributed by atoms with van der Waals surface area (Å²) in [5.41, 5.74) is 1.96. The van der Waals surface area contributed by atoms with Gasteiger partial charge in [-0.2, -0.15) is 0 Å². The zero-order valence-electron chi connectivity index (χ0n) is 12.3. The van der Waals surface area contributed by atoms with Gasteiger partial charge in [0.2, 0.25) is 5.91 Å². The van der Waals surface area contributed by atoms with Crippen LogP contribution < -0.4 is 5.32 Å². The van der Waals surface area contributed by atoms with Crippen molar-refractivity contribution in [3.63, 3.8) is 0 Å². The number of hydrogen-bond donors (Lipinski definition) is 1. The molecule has 20 heavy (non-hydrogen) atoms. The van der Waals surface area contributed by atoms with Gasteiger partial charge in [-0.3, -0.25) is 4.79 Å². The zero-order chi connectivity index (χ0) is 14.5. The molecule has 1 unspecified atom stereocenters. The first-order valence-corrected chi connectivity index (χ1v) is 7.14. The second kappa shape index (κ2) is 6.57. The molecule has 1 amide bonds. The first kappa shape index (κ1) is 14.6. The van der Waals surface area contributed by atoms with Gasteiger partial charge >= 0.3 is 0 Å². The van der Waals surface area contributed by atoms with Crippen molar-refractivity contribution in [1.29, 1.82) is 0 Å². The van der Waals surface area contributed by atoms with Gasteiger partial charge in [0.05, 0.1) is 12.3 Å². The van der Waals surface area contributed by atoms with Gasteiger partial charge < -0.3 is 14.6 Å². The van der Waals surface area contributed by atoms with Crippen molar-refractivity contribution in [2.24, 2.45) is 0 Å². The van der Waals surface area contributed by atoms with Gasteiger partial charge in [0.25, 0.3) is 0 Å². The van der Waals surface area contributed by atoms with Gasteiger partial charge in [-0.25, -0.2) is 0 Å². The van der Waals surface area contributed by atoms with Crippen LogP contribution in [-0.4, -0.2) is 29.9 Å². The third kappa shape index (κ3) is 3.02. The van der Waals surface area contributed by atoms with Crippen molar-refractivity contribution < 1.29 is 9.21 Å². The van der Waals surface area contributed by atoms with E-state index in [4.69, 9.17) is 4.42 Å². The lowest BCUT2D eigenvalue weighted by molar-refractivity contribution is -0.132. The van der Waals surface area contributed by atoms with Crippen LogP contribution in [0.3, 0.4) is 0 Å². The molecule has 1 aromatic carbocycles. The fourth-order valence-electron chi connectivity index (χ4n) is 2.33. The zero-order valence-corrected chi connectivity index (χ0v) is 12.3. The molecule has 1 atom stereocenters. The maximum absolute atomic E-state index is 12.2. The Morgan fingerprint density at radius 3 is 2.70 bits per heavy atom. The monoisotopic (exact) mass is 274 g/mol. The van der Waals surface area contributed by atoms with E-state index < -0.39 is 0 Å². The Balaban J connectivity index is 2.00. The highest BCUT2D eigenvalue weighted by atomic mass is 16.3. The predicted octanol–water partition coefficient (Wildman–Crippen LogP) is 2.78. The van der Waals surface area contributed by atoms with E-state index in [0.717, 1.165) is 29.6 Å². The third-order valence-corrected chi connectivity index (χ3v) is 3.61. The van der Waals surface area contributed by atoms with Crippen LogP contribution in [0.5, 0.6) is 0 Å². The molecular formula is C16H22N2O2. The standard InChI is InChI=1S/C16H22N2O2/c1-4-18(5-2)16(19)12(3)17-10-13-11-20-15-9-7-6-8-14(13)15/h6-9,11-12,17H,4-5,10H2,1-3H3. The van der Waals surface area contributed by atoms with Crippen LogP contribution in [0.2, 0.25) is 0 Å². The fourth-order valence-corrected chi connectivity index (χ4v) is 2.33. The molecule has 0 aliphatic rings. The number of likely N-dealkylation sites (N-methyl/N-ethyl adjacent to an activating group) is 1. The second-order valence-corrected chi connectivity index (χ2v) is 4.87. The minimum absolute atomic E-state index is 0.141. The molecule has 1 aromatic heterocycles. The van der Waals surface area contributed by atoms with E-state index >= 15 is 0 Å². The van der Waals surface area contributed by atoms with Crippen molar-refractivity contribution in [1.82, 2.24) is 10.2 Å². The third-order valence-electron chi connectivity index (χ3n) is 3.61. The summed E-state index contributed by atoms with van der Waals surface area (Å²) >= 11 is 0. The number of nitrogens with one attached hydrogen (secondary N) is 1. The van der Waals surface area contributed by atoms with Gasteiger partial charge in [0.15, 0.2) is 0 Å². The molecule has 0 fully saturated rings. The Morgan fingerprint density at radius 1 is 1.30 bits per heavy atom. The minimum Gasteiger partial charge on any atom is -0.464 e. The van der Waals surface area contributed by atoms with E-state index in [0.29, 0.717) is 6.54 Å². The Kier molecular flexibility index (Phi) is 4.79. The lowest BCUT2D eigenvalue weighted by atomic mass is 10.1. The van der Waals surface area contributed by atoms with Crippen LogP contribution in [0.4, 0.5) is 0 Å². The summed E-state index contributed by atoms with van der Waals surface area (Å²) in [6.07, 6.45) is 1.76. The molecule has 1 N–H and O–H groups in total. The van der Waals surface area contributed by atoms with E-state index in [2.05, 4.69) is 5.32 Å². The number of furan rings is 1. The highest BCUT2D eigenvalue weighted by Crippen LogP contribution is 2.20. The van der Waals surface area contributed by atoms with Crippen LogP contribution in [0.1, 0.15) is 26.3 Å². The molecule has 0 radical (unpaired) electrons. The van der Waals surface area contributed by atoms with Gasteiger partial charge in [-0.05, 0) is 26.8 Å². The van der Waals surface area contributed by atoms with Crippen molar-refractivity contribution in [3.05, 3.63) is 36.1 Å². The van der Waals surface area contributed by atoms with Crippen LogP contribution in [0.15, 0.2) is 34.9 Å². The molecule has 2 aromatic rings. The Morgan fingerprint density at radius 2 is 2.00 bits per heavy atom. The van der Waals surface area contributed by atoms with Crippen LogP contribution in [-0.2, 0) is 11.3 Å². The smallest absolute Gasteiger partial charge is 0.239 e. The molecule has 2 rings (SSSR count). The van der Waals surface area contributed by atoms with Crippen molar-refractivity contribution in [3.8, 4) is 0 Å². The molecule has 0 saturated heterocycles. The van der Waals surface area contributed by atoms with Gasteiger partial charge in [-0.1, -0.05) is 18.2 Å². The maximum Gasteiger partial charge on any atom is 0.239 e. The molecular weight excluding hydrogens is 252 g/mol. The maximum atomic E-state index is 12.2. The summed E-state index contributed by atoms with van der Waals surface area (Å²) in [6, 6.07) is 7.74. The number of amides is 1. The summed E-state index contributed by atoms with van der Waals surface area (Å²) in [7, 11) is 0. The predicted molar refractivity (Wildman–Crippen MR) is 80.4 cm³/mol. The Bertz CT molecular complexity index is 573. The van der Waals surface area contributed by atoms with Crippen molar-refractivity contribution in [2.45, 2.75) is 33.4 Å². The number of rotatable bonds is 6. The number of carbonyl (C=O) groups excluding carboxylic acids is 1. The number of para-hydroxylation sites is 1. The summed E-state index contributed by atoms with van der Waals surface area (Å²) in [6.45, 7) is 8.02. The first-order chi connectivity index (χ1) is 9.67. The molecule has 0 saturated carbocycles. The van der Waals surface area contributed by atoms with Crippen LogP contribution >= 0.6 is 0 Å². The van der Waals surface area contributed by atoms with Gasteiger partial charge in [-0.15, -0.1) is 0 Å². The second-order valence-electron chi connectivity index (χ2n) is 4.87.